The monoisotopic (exact) mass is 206 g/mol. The Labute approximate surface area is 90.1 Å². The van der Waals surface area contributed by atoms with Crippen LogP contribution >= 0.6 is 0 Å². The molecule has 2 aliphatic rings. The van der Waals surface area contributed by atoms with Gasteiger partial charge in [0.05, 0.1) is 0 Å². The van der Waals surface area contributed by atoms with Crippen LogP contribution in [0.3, 0.4) is 0 Å². The molecule has 1 N–H and O–H groups in total. The minimum Gasteiger partial charge on any atom is -0.316 e. The predicted octanol–water partition coefficient (Wildman–Crippen LogP) is 1.24. The van der Waals surface area contributed by atoms with Gasteiger partial charge in [0.1, 0.15) is 11.6 Å². The van der Waals surface area contributed by atoms with Gasteiger partial charge in [0, 0.05) is 18.5 Å². The Morgan fingerprint density at radius 1 is 1.27 bits per heavy atom. The molecule has 0 amide bonds. The van der Waals surface area contributed by atoms with Crippen LogP contribution in [0.15, 0.2) is 0 Å². The molecule has 15 heavy (non-hydrogen) atoms. The second-order valence-corrected chi connectivity index (χ2v) is 4.95. The smallest absolute Gasteiger partial charge is 0.137 e. The van der Waals surface area contributed by atoms with E-state index in [2.05, 4.69) is 33.9 Å². The average molecular weight is 206 g/mol. The number of nitrogens with zero attached hydrogens (tertiary/aromatic N) is 3. The van der Waals surface area contributed by atoms with Crippen molar-refractivity contribution in [2.75, 3.05) is 13.1 Å². The number of rotatable bonds is 2. The lowest BCUT2D eigenvalue weighted by Gasteiger charge is -2.15. The zero-order valence-electron chi connectivity index (χ0n) is 9.40. The molecule has 1 aromatic heterocycles. The van der Waals surface area contributed by atoms with Gasteiger partial charge >= 0.3 is 0 Å². The Bertz CT molecular complexity index is 367. The first-order chi connectivity index (χ1) is 7.27. The van der Waals surface area contributed by atoms with E-state index < -0.39 is 0 Å². The van der Waals surface area contributed by atoms with Crippen molar-refractivity contribution in [2.45, 2.75) is 38.6 Å². The van der Waals surface area contributed by atoms with E-state index in [9.17, 15) is 0 Å². The maximum atomic E-state index is 4.38. The third kappa shape index (κ3) is 1.47. The Morgan fingerprint density at radius 2 is 2.07 bits per heavy atom. The van der Waals surface area contributed by atoms with Crippen LogP contribution in [-0.4, -0.2) is 27.9 Å². The number of hydrogen-bond donors (Lipinski definition) is 1. The summed E-state index contributed by atoms with van der Waals surface area (Å²) in [5.74, 6) is 3.55. The lowest BCUT2D eigenvalue weighted by molar-refractivity contribution is 0.511. The minimum atomic E-state index is 0.562. The van der Waals surface area contributed by atoms with Crippen LogP contribution in [0.1, 0.15) is 43.4 Å². The van der Waals surface area contributed by atoms with E-state index in [0.717, 1.165) is 18.9 Å². The zero-order chi connectivity index (χ0) is 10.4. The van der Waals surface area contributed by atoms with Crippen molar-refractivity contribution >= 4 is 0 Å². The van der Waals surface area contributed by atoms with Crippen LogP contribution in [-0.2, 0) is 0 Å². The van der Waals surface area contributed by atoms with Gasteiger partial charge in [-0.1, -0.05) is 6.92 Å². The van der Waals surface area contributed by atoms with E-state index in [4.69, 9.17) is 0 Å². The second kappa shape index (κ2) is 3.30. The standard InChI is InChI=1S/C11H18N4/c1-7-5-12-6-10(7)11-14-13-8(2)15(11)9-3-4-9/h7,9-10,12H,3-6H2,1-2H3/t7-,10-/m1/s1. The number of hydrogen-bond acceptors (Lipinski definition) is 3. The van der Waals surface area contributed by atoms with E-state index >= 15 is 0 Å². The fourth-order valence-corrected chi connectivity index (χ4v) is 2.58. The van der Waals surface area contributed by atoms with Crippen LogP contribution in [0, 0.1) is 12.8 Å². The summed E-state index contributed by atoms with van der Waals surface area (Å²) in [7, 11) is 0. The largest absolute Gasteiger partial charge is 0.316 e. The Kier molecular flexibility index (Phi) is 2.06. The molecule has 0 unspecified atom stereocenters. The minimum absolute atomic E-state index is 0.562. The highest BCUT2D eigenvalue weighted by atomic mass is 15.3. The summed E-state index contributed by atoms with van der Waals surface area (Å²) in [5, 5.41) is 12.1. The topological polar surface area (TPSA) is 42.7 Å². The van der Waals surface area contributed by atoms with Crippen LogP contribution in [0.5, 0.6) is 0 Å². The summed E-state index contributed by atoms with van der Waals surface area (Å²) >= 11 is 0. The van der Waals surface area contributed by atoms with E-state index in [1.165, 1.54) is 18.7 Å². The molecule has 2 atom stereocenters. The first-order valence-electron chi connectivity index (χ1n) is 5.89. The summed E-state index contributed by atoms with van der Waals surface area (Å²) in [4.78, 5) is 0. The molecule has 4 nitrogen and oxygen atoms in total. The van der Waals surface area contributed by atoms with Crippen LogP contribution in [0.4, 0.5) is 0 Å². The van der Waals surface area contributed by atoms with Gasteiger partial charge in [-0.3, -0.25) is 0 Å². The summed E-state index contributed by atoms with van der Waals surface area (Å²) in [5.41, 5.74) is 0. The summed E-state index contributed by atoms with van der Waals surface area (Å²) < 4.78 is 2.37. The van der Waals surface area contributed by atoms with Gasteiger partial charge in [0.25, 0.3) is 0 Å². The lowest BCUT2D eigenvalue weighted by atomic mass is 9.97. The molecule has 0 bridgehead atoms. The van der Waals surface area contributed by atoms with Gasteiger partial charge in [0.15, 0.2) is 0 Å². The normalized spacial score (nSPS) is 31.1. The van der Waals surface area contributed by atoms with Gasteiger partial charge in [-0.25, -0.2) is 0 Å². The van der Waals surface area contributed by atoms with Gasteiger partial charge in [-0.2, -0.15) is 0 Å². The van der Waals surface area contributed by atoms with Crippen molar-refractivity contribution in [3.8, 4) is 0 Å². The molecule has 0 radical (unpaired) electrons. The van der Waals surface area contributed by atoms with Crippen molar-refractivity contribution in [1.82, 2.24) is 20.1 Å². The van der Waals surface area contributed by atoms with Crippen LogP contribution < -0.4 is 5.32 Å². The van der Waals surface area contributed by atoms with Crippen LogP contribution in [0.25, 0.3) is 0 Å². The molecular weight excluding hydrogens is 188 g/mol. The molecule has 1 aromatic rings. The van der Waals surface area contributed by atoms with E-state index in [0.29, 0.717) is 17.9 Å². The Hall–Kier alpha value is -0.900. The zero-order valence-corrected chi connectivity index (χ0v) is 9.40. The van der Waals surface area contributed by atoms with E-state index in [1.807, 2.05) is 0 Å². The second-order valence-electron chi connectivity index (χ2n) is 4.95. The molecule has 2 heterocycles. The van der Waals surface area contributed by atoms with Crippen molar-refractivity contribution in [3.05, 3.63) is 11.6 Å². The third-order valence-corrected chi connectivity index (χ3v) is 3.65. The molecule has 0 spiro atoms. The van der Waals surface area contributed by atoms with E-state index in [-0.39, 0.29) is 0 Å². The fraction of sp³-hybridized carbons (Fsp3) is 0.818. The van der Waals surface area contributed by atoms with Crippen LogP contribution in [0.2, 0.25) is 0 Å². The number of aryl methyl sites for hydroxylation is 1. The Morgan fingerprint density at radius 3 is 2.67 bits per heavy atom. The molecule has 1 saturated heterocycles. The average Bonchev–Trinajstić information content (AvgIpc) is 2.85. The molecule has 82 valence electrons. The molecule has 4 heteroatoms. The first-order valence-corrected chi connectivity index (χ1v) is 5.89. The SMILES string of the molecule is Cc1nnc([C@@H]2CNC[C@H]2C)n1C1CC1. The van der Waals surface area contributed by atoms with E-state index in [1.54, 1.807) is 0 Å². The van der Waals surface area contributed by atoms with Gasteiger partial charge in [0.2, 0.25) is 0 Å². The molecule has 1 saturated carbocycles. The third-order valence-electron chi connectivity index (χ3n) is 3.65. The summed E-state index contributed by atoms with van der Waals surface area (Å²) in [6, 6.07) is 0.697. The fourth-order valence-electron chi connectivity index (χ4n) is 2.58. The lowest BCUT2D eigenvalue weighted by Crippen LogP contribution is -2.15. The first kappa shape index (κ1) is 9.33. The van der Waals surface area contributed by atoms with Crippen molar-refractivity contribution in [2.24, 2.45) is 5.92 Å². The van der Waals surface area contributed by atoms with Crippen molar-refractivity contribution < 1.29 is 0 Å². The maximum Gasteiger partial charge on any atom is 0.137 e. The highest BCUT2D eigenvalue weighted by Crippen LogP contribution is 2.39. The van der Waals surface area contributed by atoms with Gasteiger partial charge < -0.3 is 9.88 Å². The molecule has 3 rings (SSSR count). The molecule has 0 aromatic carbocycles. The molecular formula is C11H18N4. The van der Waals surface area contributed by atoms with Crippen molar-refractivity contribution in [3.63, 3.8) is 0 Å². The quantitative estimate of drug-likeness (QED) is 0.791. The Balaban J connectivity index is 1.96. The highest BCUT2D eigenvalue weighted by molar-refractivity contribution is 5.10. The van der Waals surface area contributed by atoms with Gasteiger partial charge in [-0.15, -0.1) is 10.2 Å². The van der Waals surface area contributed by atoms with Gasteiger partial charge in [-0.05, 0) is 32.2 Å². The number of nitrogens with one attached hydrogen (secondary N) is 1. The number of aromatic nitrogens is 3. The molecule has 1 aliphatic carbocycles. The van der Waals surface area contributed by atoms with Crippen molar-refractivity contribution in [1.29, 1.82) is 0 Å². The summed E-state index contributed by atoms with van der Waals surface area (Å²) in [6.07, 6.45) is 2.61. The molecule has 2 fully saturated rings. The highest BCUT2D eigenvalue weighted by Gasteiger charge is 2.34. The predicted molar refractivity (Wildman–Crippen MR) is 57.8 cm³/mol. The molecule has 1 aliphatic heterocycles. The maximum absolute atomic E-state index is 4.38. The summed E-state index contributed by atoms with van der Waals surface area (Å²) in [6.45, 7) is 6.54.